The number of hydrogen-bond acceptors (Lipinski definition) is 2. The zero-order valence-corrected chi connectivity index (χ0v) is 11.7. The molecule has 19 heavy (non-hydrogen) atoms. The molecule has 0 aliphatic rings. The van der Waals surface area contributed by atoms with E-state index in [4.69, 9.17) is 4.74 Å². The van der Waals surface area contributed by atoms with Crippen molar-refractivity contribution in [1.29, 1.82) is 0 Å². The van der Waals surface area contributed by atoms with Crippen molar-refractivity contribution in [3.63, 3.8) is 0 Å². The third-order valence-corrected chi connectivity index (χ3v) is 3.33. The van der Waals surface area contributed by atoms with Gasteiger partial charge in [0.25, 0.3) is 0 Å². The zero-order chi connectivity index (χ0) is 13.8. The highest BCUT2D eigenvalue weighted by Crippen LogP contribution is 2.26. The molecule has 0 spiro atoms. The summed E-state index contributed by atoms with van der Waals surface area (Å²) in [5.74, 6) is 0.794. The van der Waals surface area contributed by atoms with Crippen LogP contribution in [0.1, 0.15) is 35.3 Å². The van der Waals surface area contributed by atoms with E-state index in [-0.39, 0.29) is 0 Å². The van der Waals surface area contributed by atoms with Crippen LogP contribution in [0.15, 0.2) is 42.5 Å². The lowest BCUT2D eigenvalue weighted by atomic mass is 9.98. The number of benzene rings is 2. The van der Waals surface area contributed by atoms with Crippen LogP contribution in [-0.2, 0) is 0 Å². The van der Waals surface area contributed by atoms with Gasteiger partial charge in [-0.3, -0.25) is 0 Å². The van der Waals surface area contributed by atoms with Crippen LogP contribution in [0.2, 0.25) is 0 Å². The van der Waals surface area contributed by atoms with Crippen LogP contribution in [0, 0.1) is 13.8 Å². The molecule has 2 aromatic rings. The highest BCUT2D eigenvalue weighted by molar-refractivity contribution is 5.38. The fraction of sp³-hybridized carbons (Fsp3) is 0.294. The first-order chi connectivity index (χ1) is 9.11. The minimum atomic E-state index is -0.611. The SMILES string of the molecule is CCOc1cccc(C(O)c2ccc(C)c(C)c2)c1. The molecular weight excluding hydrogens is 236 g/mol. The van der Waals surface area contributed by atoms with E-state index in [0.29, 0.717) is 6.61 Å². The van der Waals surface area contributed by atoms with E-state index in [1.165, 1.54) is 11.1 Å². The molecule has 2 nitrogen and oxygen atoms in total. The Kier molecular flexibility index (Phi) is 4.23. The van der Waals surface area contributed by atoms with Gasteiger partial charge in [0.1, 0.15) is 11.9 Å². The van der Waals surface area contributed by atoms with Crippen LogP contribution < -0.4 is 4.74 Å². The van der Waals surface area contributed by atoms with E-state index in [2.05, 4.69) is 13.8 Å². The van der Waals surface area contributed by atoms with Gasteiger partial charge in [0.05, 0.1) is 6.61 Å². The number of hydrogen-bond donors (Lipinski definition) is 1. The highest BCUT2D eigenvalue weighted by atomic mass is 16.5. The summed E-state index contributed by atoms with van der Waals surface area (Å²) >= 11 is 0. The molecule has 0 aliphatic heterocycles. The molecule has 0 saturated carbocycles. The third-order valence-electron chi connectivity index (χ3n) is 3.33. The monoisotopic (exact) mass is 256 g/mol. The second-order valence-electron chi connectivity index (χ2n) is 4.75. The van der Waals surface area contributed by atoms with Gasteiger partial charge in [-0.15, -0.1) is 0 Å². The van der Waals surface area contributed by atoms with Gasteiger partial charge in [0.2, 0.25) is 0 Å². The van der Waals surface area contributed by atoms with E-state index in [1.54, 1.807) is 0 Å². The van der Waals surface area contributed by atoms with Crippen molar-refractivity contribution in [2.75, 3.05) is 6.61 Å². The Balaban J connectivity index is 2.29. The Hall–Kier alpha value is -1.80. The molecule has 0 bridgehead atoms. The molecule has 0 fully saturated rings. The quantitative estimate of drug-likeness (QED) is 0.902. The molecule has 0 amide bonds. The van der Waals surface area contributed by atoms with Crippen molar-refractivity contribution in [2.45, 2.75) is 26.9 Å². The highest BCUT2D eigenvalue weighted by Gasteiger charge is 2.11. The predicted molar refractivity (Wildman–Crippen MR) is 77.6 cm³/mol. The van der Waals surface area contributed by atoms with Crippen LogP contribution >= 0.6 is 0 Å². The summed E-state index contributed by atoms with van der Waals surface area (Å²) in [6, 6.07) is 13.7. The van der Waals surface area contributed by atoms with Crippen LogP contribution in [0.4, 0.5) is 0 Å². The van der Waals surface area contributed by atoms with E-state index in [0.717, 1.165) is 16.9 Å². The van der Waals surface area contributed by atoms with Crippen molar-refractivity contribution in [3.8, 4) is 5.75 Å². The van der Waals surface area contributed by atoms with Gasteiger partial charge < -0.3 is 9.84 Å². The second kappa shape index (κ2) is 5.89. The summed E-state index contributed by atoms with van der Waals surface area (Å²) in [6.45, 7) is 6.71. The lowest BCUT2D eigenvalue weighted by Crippen LogP contribution is -2.01. The average molecular weight is 256 g/mol. The van der Waals surface area contributed by atoms with Gasteiger partial charge in [0, 0.05) is 0 Å². The first-order valence-electron chi connectivity index (χ1n) is 6.59. The summed E-state index contributed by atoms with van der Waals surface area (Å²) in [4.78, 5) is 0. The zero-order valence-electron chi connectivity index (χ0n) is 11.7. The lowest BCUT2D eigenvalue weighted by Gasteiger charge is -2.14. The summed E-state index contributed by atoms with van der Waals surface area (Å²) in [6.07, 6.45) is -0.611. The molecule has 2 aromatic carbocycles. The van der Waals surface area contributed by atoms with Crippen molar-refractivity contribution in [1.82, 2.24) is 0 Å². The molecule has 2 rings (SSSR count). The Labute approximate surface area is 114 Å². The van der Waals surface area contributed by atoms with Crippen LogP contribution in [0.5, 0.6) is 5.75 Å². The standard InChI is InChI=1S/C17H20O2/c1-4-19-16-7-5-6-14(11-16)17(18)15-9-8-12(2)13(3)10-15/h5-11,17-18H,4H2,1-3H3. The molecule has 0 radical (unpaired) electrons. The van der Waals surface area contributed by atoms with E-state index >= 15 is 0 Å². The maximum atomic E-state index is 10.4. The molecule has 1 N–H and O–H groups in total. The van der Waals surface area contributed by atoms with Gasteiger partial charge in [-0.1, -0.05) is 30.3 Å². The minimum Gasteiger partial charge on any atom is -0.494 e. The summed E-state index contributed by atoms with van der Waals surface area (Å²) in [5, 5.41) is 10.4. The van der Waals surface area contributed by atoms with Crippen LogP contribution in [-0.4, -0.2) is 11.7 Å². The van der Waals surface area contributed by atoms with Gasteiger partial charge in [-0.25, -0.2) is 0 Å². The van der Waals surface area contributed by atoms with Crippen molar-refractivity contribution >= 4 is 0 Å². The fourth-order valence-corrected chi connectivity index (χ4v) is 2.07. The summed E-state index contributed by atoms with van der Waals surface area (Å²) in [7, 11) is 0. The third kappa shape index (κ3) is 3.15. The number of rotatable bonds is 4. The topological polar surface area (TPSA) is 29.5 Å². The largest absolute Gasteiger partial charge is 0.494 e. The maximum absolute atomic E-state index is 10.4. The Morgan fingerprint density at radius 1 is 1.00 bits per heavy atom. The lowest BCUT2D eigenvalue weighted by molar-refractivity contribution is 0.219. The number of aliphatic hydroxyl groups is 1. The molecule has 100 valence electrons. The van der Waals surface area contributed by atoms with Gasteiger partial charge >= 0.3 is 0 Å². The number of ether oxygens (including phenoxy) is 1. The summed E-state index contributed by atoms with van der Waals surface area (Å²) in [5.41, 5.74) is 4.20. The normalized spacial score (nSPS) is 12.2. The van der Waals surface area contributed by atoms with E-state index in [9.17, 15) is 5.11 Å². The Morgan fingerprint density at radius 2 is 1.74 bits per heavy atom. The van der Waals surface area contributed by atoms with Crippen molar-refractivity contribution in [2.24, 2.45) is 0 Å². The van der Waals surface area contributed by atoms with Crippen LogP contribution in [0.25, 0.3) is 0 Å². The molecule has 0 saturated heterocycles. The Morgan fingerprint density at radius 3 is 2.42 bits per heavy atom. The summed E-state index contributed by atoms with van der Waals surface area (Å²) < 4.78 is 5.46. The molecule has 0 aromatic heterocycles. The second-order valence-corrected chi connectivity index (χ2v) is 4.75. The van der Waals surface area contributed by atoms with Crippen molar-refractivity contribution in [3.05, 3.63) is 64.7 Å². The van der Waals surface area contributed by atoms with E-state index < -0.39 is 6.10 Å². The van der Waals surface area contributed by atoms with Gasteiger partial charge in [0.15, 0.2) is 0 Å². The molecule has 0 heterocycles. The van der Waals surface area contributed by atoms with Crippen LogP contribution in [0.3, 0.4) is 0 Å². The molecule has 2 heteroatoms. The molecule has 0 aliphatic carbocycles. The Bertz CT molecular complexity index is 561. The number of aliphatic hydroxyl groups excluding tert-OH is 1. The average Bonchev–Trinajstić information content (AvgIpc) is 2.42. The molecule has 1 atom stereocenters. The predicted octanol–water partition coefficient (Wildman–Crippen LogP) is 3.78. The fourth-order valence-electron chi connectivity index (χ4n) is 2.07. The minimum absolute atomic E-state index is 0.611. The van der Waals surface area contributed by atoms with Gasteiger partial charge in [-0.2, -0.15) is 0 Å². The maximum Gasteiger partial charge on any atom is 0.119 e. The smallest absolute Gasteiger partial charge is 0.119 e. The molecular formula is C17H20O2. The van der Waals surface area contributed by atoms with Crippen molar-refractivity contribution < 1.29 is 9.84 Å². The molecule has 1 unspecified atom stereocenters. The van der Waals surface area contributed by atoms with Gasteiger partial charge in [-0.05, 0) is 55.2 Å². The number of aryl methyl sites for hydroxylation is 2. The first kappa shape index (κ1) is 13.6. The van der Waals surface area contributed by atoms with E-state index in [1.807, 2.05) is 49.4 Å². The first-order valence-corrected chi connectivity index (χ1v) is 6.59.